The predicted molar refractivity (Wildman–Crippen MR) is 96.7 cm³/mol. The lowest BCUT2D eigenvalue weighted by Crippen LogP contribution is -2.27. The molecular formula is C17H14F3N5O4S. The van der Waals surface area contributed by atoms with Crippen molar-refractivity contribution >= 4 is 20.9 Å². The minimum Gasteiger partial charge on any atom is -0.363 e. The summed E-state index contributed by atoms with van der Waals surface area (Å²) in [7, 11) is -3.75. The molecule has 30 heavy (non-hydrogen) atoms. The number of sulfonamides is 1. The van der Waals surface area contributed by atoms with Gasteiger partial charge in [-0.1, -0.05) is 22.4 Å². The van der Waals surface area contributed by atoms with Gasteiger partial charge in [0.05, 0.1) is 6.20 Å². The third-order valence-corrected chi connectivity index (χ3v) is 5.78. The molecule has 4 rings (SSSR count). The first kappa shape index (κ1) is 20.1. The van der Waals surface area contributed by atoms with Gasteiger partial charge in [-0.05, 0) is 18.6 Å². The normalized spacial score (nSPS) is 12.7. The van der Waals surface area contributed by atoms with Gasteiger partial charge >= 0.3 is 12.1 Å². The van der Waals surface area contributed by atoms with Crippen molar-refractivity contribution in [3.8, 4) is 11.4 Å². The molecule has 0 aliphatic heterocycles. The van der Waals surface area contributed by atoms with Gasteiger partial charge in [0.2, 0.25) is 15.8 Å². The molecule has 0 saturated heterocycles. The Balaban J connectivity index is 1.58. The highest BCUT2D eigenvalue weighted by Crippen LogP contribution is 2.31. The molecule has 0 fully saturated rings. The van der Waals surface area contributed by atoms with Crippen molar-refractivity contribution in [2.45, 2.75) is 24.5 Å². The number of nitrogens with one attached hydrogen (secondary N) is 1. The van der Waals surface area contributed by atoms with Gasteiger partial charge < -0.3 is 13.6 Å². The third-order valence-electron chi connectivity index (χ3n) is 4.37. The first-order valence-electron chi connectivity index (χ1n) is 8.55. The first-order valence-corrected chi connectivity index (χ1v) is 10.0. The fourth-order valence-corrected chi connectivity index (χ4v) is 3.85. The SMILES string of the molecule is Cc1cn(CCNS(=O)(=O)c2cnoc2)c2cc(-c3noc(C(F)(F)F)n3)ccc12. The molecule has 0 bridgehead atoms. The van der Waals surface area contributed by atoms with Crippen LogP contribution in [0.25, 0.3) is 22.3 Å². The van der Waals surface area contributed by atoms with Crippen LogP contribution in [0.15, 0.2) is 50.8 Å². The topological polar surface area (TPSA) is 116 Å². The number of hydrogen-bond donors (Lipinski definition) is 1. The molecule has 1 N–H and O–H groups in total. The van der Waals surface area contributed by atoms with Crippen LogP contribution in [0.2, 0.25) is 0 Å². The summed E-state index contributed by atoms with van der Waals surface area (Å²) in [4.78, 5) is 3.31. The average molecular weight is 441 g/mol. The summed E-state index contributed by atoms with van der Waals surface area (Å²) in [6, 6.07) is 4.96. The Labute approximate surface area is 167 Å². The maximum atomic E-state index is 12.7. The molecule has 13 heteroatoms. The Bertz CT molecular complexity index is 1290. The Hall–Kier alpha value is -3.19. The smallest absolute Gasteiger partial charge is 0.363 e. The van der Waals surface area contributed by atoms with Crippen molar-refractivity contribution in [2.24, 2.45) is 0 Å². The monoisotopic (exact) mass is 441 g/mol. The third kappa shape index (κ3) is 3.80. The van der Waals surface area contributed by atoms with E-state index in [1.54, 1.807) is 22.8 Å². The van der Waals surface area contributed by atoms with Crippen molar-refractivity contribution in [1.29, 1.82) is 0 Å². The molecule has 0 atom stereocenters. The number of fused-ring (bicyclic) bond motifs is 1. The van der Waals surface area contributed by atoms with E-state index in [-0.39, 0.29) is 23.8 Å². The molecule has 9 nitrogen and oxygen atoms in total. The number of nitrogens with zero attached hydrogens (tertiary/aromatic N) is 4. The van der Waals surface area contributed by atoms with Crippen molar-refractivity contribution in [3.63, 3.8) is 0 Å². The van der Waals surface area contributed by atoms with Crippen molar-refractivity contribution in [2.75, 3.05) is 6.54 Å². The first-order chi connectivity index (χ1) is 14.1. The predicted octanol–water partition coefficient (Wildman–Crippen LogP) is 2.99. The number of hydrogen-bond acceptors (Lipinski definition) is 7. The second kappa shape index (κ2) is 7.25. The number of alkyl halides is 3. The van der Waals surface area contributed by atoms with Crippen LogP contribution in [0, 0.1) is 6.92 Å². The zero-order valence-corrected chi connectivity index (χ0v) is 16.2. The standard InChI is InChI=1S/C17H14F3N5O4S/c1-10-8-25(5-4-22-30(26,27)12-7-21-28-9-12)14-6-11(2-3-13(10)14)15-23-16(29-24-15)17(18,19)20/h2-3,6-9,22H,4-5H2,1H3. The van der Waals surface area contributed by atoms with E-state index in [0.717, 1.165) is 23.4 Å². The average Bonchev–Trinajstić information content (AvgIpc) is 3.42. The fraction of sp³-hybridized carbons (Fsp3) is 0.235. The van der Waals surface area contributed by atoms with Crippen LogP contribution < -0.4 is 4.72 Å². The highest BCUT2D eigenvalue weighted by Gasteiger charge is 2.38. The lowest BCUT2D eigenvalue weighted by Gasteiger charge is -2.07. The molecule has 3 heterocycles. The molecular weight excluding hydrogens is 427 g/mol. The van der Waals surface area contributed by atoms with Gasteiger partial charge in [0.25, 0.3) is 0 Å². The molecule has 0 aliphatic carbocycles. The van der Waals surface area contributed by atoms with Crippen LogP contribution in [0.1, 0.15) is 11.5 Å². The van der Waals surface area contributed by atoms with Gasteiger partial charge in [0.1, 0.15) is 11.2 Å². The van der Waals surface area contributed by atoms with Crippen LogP contribution in [-0.4, -0.2) is 34.8 Å². The highest BCUT2D eigenvalue weighted by molar-refractivity contribution is 7.89. The van der Waals surface area contributed by atoms with E-state index < -0.39 is 22.1 Å². The number of halogens is 3. The Morgan fingerprint density at radius 2 is 2.07 bits per heavy atom. The number of benzene rings is 1. The zero-order chi connectivity index (χ0) is 21.5. The van der Waals surface area contributed by atoms with E-state index in [4.69, 9.17) is 0 Å². The largest absolute Gasteiger partial charge is 0.471 e. The van der Waals surface area contributed by atoms with Crippen molar-refractivity contribution < 1.29 is 30.6 Å². The van der Waals surface area contributed by atoms with Crippen LogP contribution >= 0.6 is 0 Å². The zero-order valence-electron chi connectivity index (χ0n) is 15.3. The number of aromatic nitrogens is 4. The lowest BCUT2D eigenvalue weighted by molar-refractivity contribution is -0.159. The molecule has 0 aliphatic rings. The summed E-state index contributed by atoms with van der Waals surface area (Å²) in [6.07, 6.45) is -0.804. The molecule has 0 unspecified atom stereocenters. The molecule has 0 saturated carbocycles. The fourth-order valence-electron chi connectivity index (χ4n) is 2.97. The van der Waals surface area contributed by atoms with Crippen molar-refractivity contribution in [1.82, 2.24) is 24.6 Å². The van der Waals surface area contributed by atoms with E-state index in [9.17, 15) is 21.6 Å². The van der Waals surface area contributed by atoms with Gasteiger partial charge in [-0.25, -0.2) is 13.1 Å². The van der Waals surface area contributed by atoms with Gasteiger partial charge in [0, 0.05) is 35.8 Å². The quantitative estimate of drug-likeness (QED) is 0.489. The molecule has 0 amide bonds. The van der Waals surface area contributed by atoms with Gasteiger partial charge in [-0.2, -0.15) is 18.2 Å². The minimum absolute atomic E-state index is 0.0708. The summed E-state index contributed by atoms with van der Waals surface area (Å²) in [6.45, 7) is 2.22. The number of rotatable bonds is 6. The summed E-state index contributed by atoms with van der Waals surface area (Å²) >= 11 is 0. The highest BCUT2D eigenvalue weighted by atomic mass is 32.2. The molecule has 1 aromatic carbocycles. The molecule has 158 valence electrons. The van der Waals surface area contributed by atoms with E-state index in [2.05, 4.69) is 29.1 Å². The molecule has 3 aromatic heterocycles. The second-order valence-electron chi connectivity index (χ2n) is 6.42. The van der Waals surface area contributed by atoms with E-state index in [0.29, 0.717) is 11.1 Å². The van der Waals surface area contributed by atoms with Gasteiger partial charge in [-0.15, -0.1) is 0 Å². The number of aryl methyl sites for hydroxylation is 1. The van der Waals surface area contributed by atoms with Crippen molar-refractivity contribution in [3.05, 3.63) is 48.3 Å². The maximum Gasteiger partial charge on any atom is 0.471 e. The van der Waals surface area contributed by atoms with Crippen LogP contribution in [0.5, 0.6) is 0 Å². The summed E-state index contributed by atoms with van der Waals surface area (Å²) in [5.74, 6) is -1.62. The van der Waals surface area contributed by atoms with Crippen LogP contribution in [0.3, 0.4) is 0 Å². The lowest BCUT2D eigenvalue weighted by atomic mass is 10.1. The van der Waals surface area contributed by atoms with Gasteiger partial charge in [-0.3, -0.25) is 0 Å². The minimum atomic E-state index is -4.73. The van der Waals surface area contributed by atoms with Crippen LogP contribution in [-0.2, 0) is 22.7 Å². The Morgan fingerprint density at radius 3 is 2.73 bits per heavy atom. The van der Waals surface area contributed by atoms with E-state index in [1.807, 2.05) is 13.1 Å². The van der Waals surface area contributed by atoms with Gasteiger partial charge in [0.15, 0.2) is 0 Å². The Kier molecular flexibility index (Phi) is 4.86. The summed E-state index contributed by atoms with van der Waals surface area (Å²) in [5.41, 5.74) is 1.95. The molecule has 0 radical (unpaired) electrons. The van der Waals surface area contributed by atoms with E-state index in [1.165, 1.54) is 0 Å². The Morgan fingerprint density at radius 1 is 1.27 bits per heavy atom. The maximum absolute atomic E-state index is 12.7. The molecule has 0 spiro atoms. The summed E-state index contributed by atoms with van der Waals surface area (Å²) in [5, 5.41) is 7.62. The van der Waals surface area contributed by atoms with Crippen LogP contribution in [0.4, 0.5) is 13.2 Å². The summed E-state index contributed by atoms with van der Waals surface area (Å²) < 4.78 is 75.4. The molecule has 4 aromatic rings. The second-order valence-corrected chi connectivity index (χ2v) is 8.18. The van der Waals surface area contributed by atoms with E-state index >= 15 is 0 Å².